The first-order valence-corrected chi connectivity index (χ1v) is 6.18. The molecule has 0 spiro atoms. The number of aliphatic imine (C=N–C) groups is 1. The third-order valence-corrected chi connectivity index (χ3v) is 3.63. The third-order valence-electron chi connectivity index (χ3n) is 3.63. The molecule has 0 saturated heterocycles. The average Bonchev–Trinajstić information content (AvgIpc) is 2.84. The molecule has 0 radical (unpaired) electrons. The van der Waals surface area contributed by atoms with Gasteiger partial charge in [0.1, 0.15) is 5.84 Å². The SMILES string of the molecule is Cc1cccc(N(C)C(C)C2=NCCN2)c1C. The second kappa shape index (κ2) is 4.78. The molecule has 1 aromatic rings. The third kappa shape index (κ3) is 2.28. The fourth-order valence-corrected chi connectivity index (χ4v) is 2.21. The smallest absolute Gasteiger partial charge is 0.119 e. The van der Waals surface area contributed by atoms with Crippen LogP contribution in [0.1, 0.15) is 18.1 Å². The second-order valence-corrected chi connectivity index (χ2v) is 4.70. The lowest BCUT2D eigenvalue weighted by atomic mass is 10.1. The molecule has 0 aromatic heterocycles. The maximum atomic E-state index is 4.50. The van der Waals surface area contributed by atoms with Crippen LogP contribution in [0.5, 0.6) is 0 Å². The molecular formula is C14H21N3. The Kier molecular flexibility index (Phi) is 3.36. The molecule has 1 N–H and O–H groups in total. The molecule has 1 atom stereocenters. The molecule has 1 unspecified atom stereocenters. The second-order valence-electron chi connectivity index (χ2n) is 4.70. The van der Waals surface area contributed by atoms with E-state index >= 15 is 0 Å². The van der Waals surface area contributed by atoms with Crippen LogP contribution in [0.3, 0.4) is 0 Å². The van der Waals surface area contributed by atoms with Crippen molar-refractivity contribution >= 4 is 11.5 Å². The summed E-state index contributed by atoms with van der Waals surface area (Å²) in [5, 5.41) is 3.35. The van der Waals surface area contributed by atoms with Gasteiger partial charge in [-0.3, -0.25) is 4.99 Å². The first-order valence-electron chi connectivity index (χ1n) is 6.18. The van der Waals surface area contributed by atoms with E-state index in [-0.39, 0.29) is 0 Å². The lowest BCUT2D eigenvalue weighted by molar-refractivity contribution is 0.826. The Labute approximate surface area is 104 Å². The highest BCUT2D eigenvalue weighted by atomic mass is 15.2. The number of anilines is 1. The van der Waals surface area contributed by atoms with E-state index < -0.39 is 0 Å². The van der Waals surface area contributed by atoms with E-state index in [1.165, 1.54) is 16.8 Å². The Balaban J connectivity index is 2.24. The number of aryl methyl sites for hydroxylation is 1. The maximum Gasteiger partial charge on any atom is 0.119 e. The van der Waals surface area contributed by atoms with Crippen molar-refractivity contribution in [3.05, 3.63) is 29.3 Å². The molecule has 3 heteroatoms. The highest BCUT2D eigenvalue weighted by Crippen LogP contribution is 2.23. The van der Waals surface area contributed by atoms with Crippen molar-refractivity contribution in [3.8, 4) is 0 Å². The summed E-state index contributed by atoms with van der Waals surface area (Å²) in [4.78, 5) is 6.79. The van der Waals surface area contributed by atoms with Gasteiger partial charge >= 0.3 is 0 Å². The van der Waals surface area contributed by atoms with E-state index in [0.29, 0.717) is 6.04 Å². The molecule has 1 aromatic carbocycles. The van der Waals surface area contributed by atoms with E-state index in [1.54, 1.807) is 0 Å². The Hall–Kier alpha value is -1.51. The van der Waals surface area contributed by atoms with Crippen LogP contribution in [0.25, 0.3) is 0 Å². The lowest BCUT2D eigenvalue weighted by Gasteiger charge is -2.29. The van der Waals surface area contributed by atoms with Gasteiger partial charge in [0.25, 0.3) is 0 Å². The number of nitrogens with zero attached hydrogens (tertiary/aromatic N) is 2. The van der Waals surface area contributed by atoms with Crippen LogP contribution in [-0.4, -0.2) is 32.0 Å². The highest BCUT2D eigenvalue weighted by Gasteiger charge is 2.19. The zero-order valence-electron chi connectivity index (χ0n) is 11.1. The standard InChI is InChI=1S/C14H21N3/c1-10-6-5-7-13(11(10)2)17(4)12(3)14-15-8-9-16-14/h5-7,12H,8-9H2,1-4H3,(H,15,16). The lowest BCUT2D eigenvalue weighted by Crippen LogP contribution is -2.41. The summed E-state index contributed by atoms with van der Waals surface area (Å²) in [6.07, 6.45) is 0. The number of likely N-dealkylation sites (N-methyl/N-ethyl adjacent to an activating group) is 1. The van der Waals surface area contributed by atoms with E-state index in [4.69, 9.17) is 0 Å². The molecule has 0 fully saturated rings. The summed E-state index contributed by atoms with van der Waals surface area (Å²) in [7, 11) is 2.13. The zero-order valence-corrected chi connectivity index (χ0v) is 11.1. The van der Waals surface area contributed by atoms with E-state index in [0.717, 1.165) is 18.9 Å². The number of nitrogens with one attached hydrogen (secondary N) is 1. The molecule has 92 valence electrons. The number of hydrogen-bond acceptors (Lipinski definition) is 3. The number of hydrogen-bond donors (Lipinski definition) is 1. The van der Waals surface area contributed by atoms with Crippen molar-refractivity contribution in [2.45, 2.75) is 26.8 Å². The Morgan fingerprint density at radius 3 is 2.76 bits per heavy atom. The fourth-order valence-electron chi connectivity index (χ4n) is 2.21. The minimum atomic E-state index is 0.304. The first-order chi connectivity index (χ1) is 8.11. The van der Waals surface area contributed by atoms with Crippen molar-refractivity contribution in [1.82, 2.24) is 5.32 Å². The van der Waals surface area contributed by atoms with Gasteiger partial charge in [-0.25, -0.2) is 0 Å². The quantitative estimate of drug-likeness (QED) is 0.863. The van der Waals surface area contributed by atoms with Gasteiger partial charge in [-0.1, -0.05) is 12.1 Å². The van der Waals surface area contributed by atoms with Gasteiger partial charge in [-0.2, -0.15) is 0 Å². The van der Waals surface area contributed by atoms with Gasteiger partial charge in [0.15, 0.2) is 0 Å². The summed E-state index contributed by atoms with van der Waals surface area (Å²) in [6.45, 7) is 8.40. The minimum Gasteiger partial charge on any atom is -0.370 e. The largest absolute Gasteiger partial charge is 0.370 e. The molecule has 2 rings (SSSR count). The predicted molar refractivity (Wildman–Crippen MR) is 74.1 cm³/mol. The van der Waals surface area contributed by atoms with Crippen LogP contribution >= 0.6 is 0 Å². The van der Waals surface area contributed by atoms with Gasteiger partial charge in [-0.05, 0) is 38.0 Å². The first kappa shape index (κ1) is 12.0. The van der Waals surface area contributed by atoms with Gasteiger partial charge in [0, 0.05) is 19.3 Å². The number of benzene rings is 1. The predicted octanol–water partition coefficient (Wildman–Crippen LogP) is 2.13. The summed E-state index contributed by atoms with van der Waals surface area (Å²) >= 11 is 0. The zero-order chi connectivity index (χ0) is 12.4. The molecule has 1 aliphatic rings. The van der Waals surface area contributed by atoms with Crippen molar-refractivity contribution in [1.29, 1.82) is 0 Å². The Morgan fingerprint density at radius 1 is 1.35 bits per heavy atom. The van der Waals surface area contributed by atoms with Crippen molar-refractivity contribution in [2.75, 3.05) is 25.0 Å². The monoisotopic (exact) mass is 231 g/mol. The summed E-state index contributed by atoms with van der Waals surface area (Å²) < 4.78 is 0. The topological polar surface area (TPSA) is 27.6 Å². The van der Waals surface area contributed by atoms with Crippen LogP contribution in [0, 0.1) is 13.8 Å². The molecule has 3 nitrogen and oxygen atoms in total. The maximum absolute atomic E-state index is 4.50. The molecular weight excluding hydrogens is 210 g/mol. The van der Waals surface area contributed by atoms with Crippen molar-refractivity contribution in [2.24, 2.45) is 4.99 Å². The average molecular weight is 231 g/mol. The van der Waals surface area contributed by atoms with Gasteiger partial charge in [-0.15, -0.1) is 0 Å². The van der Waals surface area contributed by atoms with Crippen LogP contribution in [-0.2, 0) is 0 Å². The fraction of sp³-hybridized carbons (Fsp3) is 0.500. The van der Waals surface area contributed by atoms with Crippen LogP contribution < -0.4 is 10.2 Å². The Bertz CT molecular complexity index is 437. The normalized spacial score (nSPS) is 16.4. The number of amidine groups is 1. The van der Waals surface area contributed by atoms with Gasteiger partial charge in [0.2, 0.25) is 0 Å². The van der Waals surface area contributed by atoms with Crippen LogP contribution in [0.15, 0.2) is 23.2 Å². The molecule has 0 bridgehead atoms. The van der Waals surface area contributed by atoms with Gasteiger partial charge in [0.05, 0.1) is 12.6 Å². The minimum absolute atomic E-state index is 0.304. The molecule has 1 heterocycles. The Morgan fingerprint density at radius 2 is 2.12 bits per heavy atom. The molecule has 0 aliphatic carbocycles. The van der Waals surface area contributed by atoms with E-state index in [9.17, 15) is 0 Å². The molecule has 0 saturated carbocycles. The van der Waals surface area contributed by atoms with Gasteiger partial charge < -0.3 is 10.2 Å². The van der Waals surface area contributed by atoms with E-state index in [2.05, 4.69) is 61.2 Å². The highest BCUT2D eigenvalue weighted by molar-refractivity contribution is 5.91. The molecule has 17 heavy (non-hydrogen) atoms. The van der Waals surface area contributed by atoms with Crippen molar-refractivity contribution < 1.29 is 0 Å². The summed E-state index contributed by atoms with van der Waals surface area (Å²) in [5.41, 5.74) is 3.97. The molecule has 1 aliphatic heterocycles. The number of rotatable bonds is 3. The van der Waals surface area contributed by atoms with Crippen LogP contribution in [0.2, 0.25) is 0 Å². The van der Waals surface area contributed by atoms with Crippen molar-refractivity contribution in [3.63, 3.8) is 0 Å². The molecule has 0 amide bonds. The summed E-state index contributed by atoms with van der Waals surface area (Å²) in [6, 6.07) is 6.75. The van der Waals surface area contributed by atoms with Crippen LogP contribution in [0.4, 0.5) is 5.69 Å². The van der Waals surface area contributed by atoms with E-state index in [1.807, 2.05) is 0 Å². The summed E-state index contributed by atoms with van der Waals surface area (Å²) in [5.74, 6) is 1.11.